The summed E-state index contributed by atoms with van der Waals surface area (Å²) in [6.45, 7) is 4.73. The Bertz CT molecular complexity index is 278. The van der Waals surface area contributed by atoms with Crippen LogP contribution in [-0.2, 0) is 12.5 Å². The first-order chi connectivity index (χ1) is 5.49. The molecule has 0 spiro atoms. The van der Waals surface area contributed by atoms with E-state index in [1.807, 2.05) is 11.6 Å². The van der Waals surface area contributed by atoms with Gasteiger partial charge in [0.25, 0.3) is 0 Å². The highest BCUT2D eigenvalue weighted by atomic mass is 35.5. The maximum absolute atomic E-state index is 5.80. The van der Waals surface area contributed by atoms with E-state index in [2.05, 4.69) is 18.8 Å². The molecular formula is C8H14ClN3. The predicted molar refractivity (Wildman–Crippen MR) is 50.3 cm³/mol. The zero-order valence-corrected chi connectivity index (χ0v) is 8.39. The standard InChI is InChI=1S/C8H14ClN3/c1-8(2,5-10)6-4-11-7(9)12(6)3/h4H,5,10H2,1-3H3. The zero-order chi connectivity index (χ0) is 9.35. The monoisotopic (exact) mass is 187 g/mol. The van der Waals surface area contributed by atoms with Crippen molar-refractivity contribution in [2.24, 2.45) is 12.8 Å². The van der Waals surface area contributed by atoms with E-state index in [0.717, 1.165) is 5.69 Å². The predicted octanol–water partition coefficient (Wildman–Crippen LogP) is 1.31. The summed E-state index contributed by atoms with van der Waals surface area (Å²) in [6.07, 6.45) is 1.77. The average molecular weight is 188 g/mol. The van der Waals surface area contributed by atoms with Crippen LogP contribution >= 0.6 is 11.6 Å². The summed E-state index contributed by atoms with van der Waals surface area (Å²) in [4.78, 5) is 4.00. The molecule has 0 saturated carbocycles. The van der Waals surface area contributed by atoms with Crippen molar-refractivity contribution in [3.05, 3.63) is 17.2 Å². The van der Waals surface area contributed by atoms with Crippen molar-refractivity contribution >= 4 is 11.6 Å². The number of imidazole rings is 1. The van der Waals surface area contributed by atoms with Crippen molar-refractivity contribution in [1.29, 1.82) is 0 Å². The Hall–Kier alpha value is -0.540. The number of aromatic nitrogens is 2. The number of hydrogen-bond acceptors (Lipinski definition) is 2. The first-order valence-electron chi connectivity index (χ1n) is 3.87. The van der Waals surface area contributed by atoms with Gasteiger partial charge in [-0.05, 0) is 11.6 Å². The Balaban J connectivity index is 3.11. The molecule has 1 aromatic heterocycles. The highest BCUT2D eigenvalue weighted by Crippen LogP contribution is 2.23. The van der Waals surface area contributed by atoms with Crippen LogP contribution in [0.4, 0.5) is 0 Å². The van der Waals surface area contributed by atoms with Crippen LogP contribution in [0.5, 0.6) is 0 Å². The van der Waals surface area contributed by atoms with Crippen LogP contribution in [0, 0.1) is 0 Å². The maximum atomic E-state index is 5.80. The van der Waals surface area contributed by atoms with E-state index in [9.17, 15) is 0 Å². The van der Waals surface area contributed by atoms with Crippen molar-refractivity contribution in [3.63, 3.8) is 0 Å². The van der Waals surface area contributed by atoms with Crippen molar-refractivity contribution in [2.75, 3.05) is 6.54 Å². The largest absolute Gasteiger partial charge is 0.330 e. The normalized spacial score (nSPS) is 12.1. The van der Waals surface area contributed by atoms with Gasteiger partial charge in [0.2, 0.25) is 5.28 Å². The Morgan fingerprint density at radius 1 is 1.67 bits per heavy atom. The van der Waals surface area contributed by atoms with Gasteiger partial charge in [0, 0.05) is 24.7 Å². The quantitative estimate of drug-likeness (QED) is 0.759. The molecule has 0 fully saturated rings. The lowest BCUT2D eigenvalue weighted by atomic mass is 9.90. The molecule has 0 aliphatic carbocycles. The van der Waals surface area contributed by atoms with Crippen LogP contribution in [0.3, 0.4) is 0 Å². The lowest BCUT2D eigenvalue weighted by Gasteiger charge is -2.22. The Labute approximate surface area is 77.5 Å². The van der Waals surface area contributed by atoms with E-state index < -0.39 is 0 Å². The number of nitrogens with zero attached hydrogens (tertiary/aromatic N) is 2. The fraction of sp³-hybridized carbons (Fsp3) is 0.625. The molecule has 1 rings (SSSR count). The maximum Gasteiger partial charge on any atom is 0.202 e. The summed E-state index contributed by atoms with van der Waals surface area (Å²) >= 11 is 5.80. The van der Waals surface area contributed by atoms with Gasteiger partial charge >= 0.3 is 0 Å². The molecule has 1 heterocycles. The fourth-order valence-corrected chi connectivity index (χ4v) is 1.26. The summed E-state index contributed by atoms with van der Waals surface area (Å²) < 4.78 is 1.86. The molecule has 0 saturated heterocycles. The SMILES string of the molecule is Cn1c(C(C)(C)CN)cnc1Cl. The molecule has 2 N–H and O–H groups in total. The molecule has 0 aliphatic heterocycles. The van der Waals surface area contributed by atoms with E-state index in [0.29, 0.717) is 11.8 Å². The van der Waals surface area contributed by atoms with Crippen LogP contribution in [0.1, 0.15) is 19.5 Å². The molecule has 0 atom stereocenters. The second kappa shape index (κ2) is 3.07. The van der Waals surface area contributed by atoms with Crippen LogP contribution in [0.2, 0.25) is 5.28 Å². The first-order valence-corrected chi connectivity index (χ1v) is 4.24. The third-order valence-electron chi connectivity index (χ3n) is 2.14. The van der Waals surface area contributed by atoms with Gasteiger partial charge in [-0.1, -0.05) is 13.8 Å². The molecule has 68 valence electrons. The minimum atomic E-state index is -0.0606. The molecule has 4 heteroatoms. The molecular weight excluding hydrogens is 174 g/mol. The van der Waals surface area contributed by atoms with Crippen LogP contribution in [-0.4, -0.2) is 16.1 Å². The minimum Gasteiger partial charge on any atom is -0.330 e. The van der Waals surface area contributed by atoms with Crippen LogP contribution in [0.15, 0.2) is 6.20 Å². The molecule has 12 heavy (non-hydrogen) atoms. The Morgan fingerprint density at radius 3 is 2.58 bits per heavy atom. The lowest BCUT2D eigenvalue weighted by molar-refractivity contribution is 0.502. The zero-order valence-electron chi connectivity index (χ0n) is 7.63. The molecule has 0 unspecified atom stereocenters. The smallest absolute Gasteiger partial charge is 0.202 e. The Morgan fingerprint density at radius 2 is 2.25 bits per heavy atom. The third kappa shape index (κ3) is 1.47. The average Bonchev–Trinajstić information content (AvgIpc) is 2.33. The van der Waals surface area contributed by atoms with Gasteiger partial charge in [0.15, 0.2) is 0 Å². The van der Waals surface area contributed by atoms with Gasteiger partial charge in [-0.15, -0.1) is 0 Å². The summed E-state index contributed by atoms with van der Waals surface area (Å²) in [6, 6.07) is 0. The molecule has 0 aliphatic rings. The van der Waals surface area contributed by atoms with Crippen molar-refractivity contribution in [3.8, 4) is 0 Å². The molecule has 0 radical (unpaired) electrons. The van der Waals surface area contributed by atoms with Gasteiger partial charge < -0.3 is 10.3 Å². The van der Waals surface area contributed by atoms with Crippen molar-refractivity contribution < 1.29 is 0 Å². The molecule has 3 nitrogen and oxygen atoms in total. The van der Waals surface area contributed by atoms with E-state index in [1.165, 1.54) is 0 Å². The van der Waals surface area contributed by atoms with Crippen LogP contribution < -0.4 is 5.73 Å². The van der Waals surface area contributed by atoms with Gasteiger partial charge in [-0.2, -0.15) is 0 Å². The third-order valence-corrected chi connectivity index (χ3v) is 2.49. The Kier molecular flexibility index (Phi) is 2.44. The van der Waals surface area contributed by atoms with E-state index in [1.54, 1.807) is 6.20 Å². The number of rotatable bonds is 2. The van der Waals surface area contributed by atoms with E-state index >= 15 is 0 Å². The molecule has 1 aromatic rings. The van der Waals surface area contributed by atoms with Gasteiger partial charge in [-0.25, -0.2) is 4.98 Å². The second-order valence-electron chi connectivity index (χ2n) is 3.56. The van der Waals surface area contributed by atoms with Crippen molar-refractivity contribution in [1.82, 2.24) is 9.55 Å². The molecule has 0 amide bonds. The fourth-order valence-electron chi connectivity index (χ4n) is 1.12. The highest BCUT2D eigenvalue weighted by Gasteiger charge is 2.22. The van der Waals surface area contributed by atoms with Gasteiger partial charge in [0.1, 0.15) is 0 Å². The summed E-state index contributed by atoms with van der Waals surface area (Å²) in [7, 11) is 1.89. The number of hydrogen-bond donors (Lipinski definition) is 1. The number of nitrogens with two attached hydrogens (primary N) is 1. The second-order valence-corrected chi connectivity index (χ2v) is 3.90. The molecule has 0 aromatic carbocycles. The highest BCUT2D eigenvalue weighted by molar-refractivity contribution is 6.28. The molecule has 0 bridgehead atoms. The lowest BCUT2D eigenvalue weighted by Crippen LogP contribution is -2.30. The summed E-state index contributed by atoms with van der Waals surface area (Å²) in [5.41, 5.74) is 6.64. The topological polar surface area (TPSA) is 43.8 Å². The first kappa shape index (κ1) is 9.55. The van der Waals surface area contributed by atoms with E-state index in [4.69, 9.17) is 17.3 Å². The van der Waals surface area contributed by atoms with E-state index in [-0.39, 0.29) is 5.41 Å². The summed E-state index contributed by atoms with van der Waals surface area (Å²) in [5, 5.41) is 0.506. The van der Waals surface area contributed by atoms with Crippen LogP contribution in [0.25, 0.3) is 0 Å². The van der Waals surface area contributed by atoms with Gasteiger partial charge in [-0.3, -0.25) is 0 Å². The van der Waals surface area contributed by atoms with Crippen molar-refractivity contribution in [2.45, 2.75) is 19.3 Å². The minimum absolute atomic E-state index is 0.0606. The summed E-state index contributed by atoms with van der Waals surface area (Å²) in [5.74, 6) is 0. The van der Waals surface area contributed by atoms with Gasteiger partial charge in [0.05, 0.1) is 6.20 Å². The number of halogens is 1.